The van der Waals surface area contributed by atoms with Crippen molar-refractivity contribution < 1.29 is 28.9 Å². The van der Waals surface area contributed by atoms with Crippen molar-refractivity contribution in [2.24, 2.45) is 0 Å². The third-order valence-electron chi connectivity index (χ3n) is 8.47. The summed E-state index contributed by atoms with van der Waals surface area (Å²) in [5.74, 6) is 0.612. The van der Waals surface area contributed by atoms with Crippen molar-refractivity contribution in [2.75, 3.05) is 13.7 Å². The number of carbonyl (C=O) groups is 2. The highest BCUT2D eigenvalue weighted by Gasteiger charge is 2.46. The van der Waals surface area contributed by atoms with Crippen LogP contribution in [0.15, 0.2) is 91.0 Å². The van der Waals surface area contributed by atoms with Gasteiger partial charge in [-0.25, -0.2) is 4.79 Å². The van der Waals surface area contributed by atoms with E-state index in [9.17, 15) is 14.7 Å². The number of amides is 1. The monoisotopic (exact) mass is 563 g/mol. The van der Waals surface area contributed by atoms with E-state index in [1.165, 1.54) is 4.90 Å². The predicted octanol–water partition coefficient (Wildman–Crippen LogP) is 5.55. The van der Waals surface area contributed by atoms with Crippen LogP contribution in [0.2, 0.25) is 0 Å². The lowest BCUT2D eigenvalue weighted by Crippen LogP contribution is -2.55. The number of fused-ring (bicyclic) bond motifs is 2. The number of carboxylic acids is 1. The molecule has 2 aliphatic rings. The molecule has 0 saturated heterocycles. The van der Waals surface area contributed by atoms with Gasteiger partial charge in [-0.15, -0.1) is 0 Å². The Morgan fingerprint density at radius 2 is 1.64 bits per heavy atom. The maximum Gasteiger partial charge on any atom is 0.326 e. The van der Waals surface area contributed by atoms with Gasteiger partial charge in [-0.05, 0) is 52.9 Å². The zero-order chi connectivity index (χ0) is 29.3. The number of hydrogen-bond donors (Lipinski definition) is 1. The molecule has 0 fully saturated rings. The molecule has 7 heteroatoms. The van der Waals surface area contributed by atoms with Crippen LogP contribution in [0.1, 0.15) is 40.3 Å². The summed E-state index contributed by atoms with van der Waals surface area (Å²) < 4.78 is 17.6. The van der Waals surface area contributed by atoms with Crippen LogP contribution >= 0.6 is 0 Å². The van der Waals surface area contributed by atoms with Crippen molar-refractivity contribution in [1.82, 2.24) is 4.90 Å². The minimum absolute atomic E-state index is 0.0978. The molecule has 4 aromatic carbocycles. The molecule has 42 heavy (non-hydrogen) atoms. The quantitative estimate of drug-likeness (QED) is 0.303. The molecule has 0 saturated carbocycles. The Balaban J connectivity index is 1.36. The van der Waals surface area contributed by atoms with Gasteiger partial charge < -0.3 is 24.2 Å². The third-order valence-corrected chi connectivity index (χ3v) is 8.47. The molecule has 6 rings (SSSR count). The van der Waals surface area contributed by atoms with Crippen LogP contribution in [0, 0.1) is 0 Å². The second kappa shape index (κ2) is 11.2. The van der Waals surface area contributed by atoms with E-state index >= 15 is 0 Å². The summed E-state index contributed by atoms with van der Waals surface area (Å²) in [4.78, 5) is 28.8. The van der Waals surface area contributed by atoms with E-state index in [4.69, 9.17) is 14.2 Å². The first-order valence-corrected chi connectivity index (χ1v) is 14.1. The Hall–Kier alpha value is -4.78. The lowest BCUT2D eigenvalue weighted by atomic mass is 9.74. The number of methoxy groups -OCH3 is 1. The average molecular weight is 564 g/mol. The van der Waals surface area contributed by atoms with Gasteiger partial charge in [-0.2, -0.15) is 0 Å². The first-order valence-electron chi connectivity index (χ1n) is 14.1. The van der Waals surface area contributed by atoms with Crippen molar-refractivity contribution in [3.8, 4) is 17.2 Å². The molecular formula is C35H33NO6. The van der Waals surface area contributed by atoms with Crippen molar-refractivity contribution in [3.63, 3.8) is 0 Å². The predicted molar refractivity (Wildman–Crippen MR) is 158 cm³/mol. The molecule has 2 aliphatic heterocycles. The summed E-state index contributed by atoms with van der Waals surface area (Å²) in [6.07, 6.45) is 0.961. The van der Waals surface area contributed by atoms with Gasteiger partial charge in [-0.3, -0.25) is 4.79 Å². The van der Waals surface area contributed by atoms with Crippen molar-refractivity contribution in [2.45, 2.75) is 44.4 Å². The number of benzene rings is 4. The number of ether oxygens (including phenoxy) is 3. The third kappa shape index (κ3) is 4.85. The minimum atomic E-state index is -1.09. The second-order valence-electron chi connectivity index (χ2n) is 10.9. The van der Waals surface area contributed by atoms with Gasteiger partial charge in [0.15, 0.2) is 11.5 Å². The van der Waals surface area contributed by atoms with E-state index in [1.54, 1.807) is 7.11 Å². The highest BCUT2D eigenvalue weighted by molar-refractivity contribution is 5.95. The Morgan fingerprint density at radius 1 is 0.952 bits per heavy atom. The maximum absolute atomic E-state index is 14.6. The Bertz CT molecular complexity index is 1580. The molecule has 0 aliphatic carbocycles. The highest BCUT2D eigenvalue weighted by Crippen LogP contribution is 2.42. The van der Waals surface area contributed by atoms with Gasteiger partial charge in [-0.1, -0.05) is 72.8 Å². The van der Waals surface area contributed by atoms with Crippen LogP contribution in [0.3, 0.4) is 0 Å². The van der Waals surface area contributed by atoms with E-state index in [2.05, 4.69) is 6.07 Å². The summed E-state index contributed by atoms with van der Waals surface area (Å²) in [6.45, 7) is 2.98. The van der Waals surface area contributed by atoms with E-state index in [0.717, 1.165) is 45.6 Å². The number of aliphatic carboxylic acids is 1. The number of carbonyl (C=O) groups excluding carboxylic acids is 1. The summed E-state index contributed by atoms with van der Waals surface area (Å²) in [5, 5.41) is 10.4. The molecule has 0 bridgehead atoms. The second-order valence-corrected chi connectivity index (χ2v) is 10.9. The topological polar surface area (TPSA) is 85.3 Å². The van der Waals surface area contributed by atoms with Gasteiger partial charge in [0, 0.05) is 24.9 Å². The zero-order valence-electron chi connectivity index (χ0n) is 23.7. The molecule has 2 heterocycles. The average Bonchev–Trinajstić information content (AvgIpc) is 3.51. The molecule has 0 radical (unpaired) electrons. The van der Waals surface area contributed by atoms with Crippen molar-refractivity contribution in [1.29, 1.82) is 0 Å². The van der Waals surface area contributed by atoms with Crippen LogP contribution in [0.25, 0.3) is 0 Å². The fourth-order valence-electron chi connectivity index (χ4n) is 6.10. The van der Waals surface area contributed by atoms with Crippen LogP contribution in [-0.2, 0) is 41.0 Å². The van der Waals surface area contributed by atoms with E-state index in [1.807, 2.05) is 91.9 Å². The zero-order valence-corrected chi connectivity index (χ0v) is 23.7. The molecule has 0 aromatic heterocycles. The van der Waals surface area contributed by atoms with Crippen LogP contribution in [0.5, 0.6) is 17.2 Å². The maximum atomic E-state index is 14.6. The molecule has 1 amide bonds. The molecular weight excluding hydrogens is 530 g/mol. The van der Waals surface area contributed by atoms with Crippen LogP contribution in [0.4, 0.5) is 0 Å². The lowest BCUT2D eigenvalue weighted by molar-refractivity contribution is -0.153. The first kappa shape index (κ1) is 27.4. The lowest BCUT2D eigenvalue weighted by Gasteiger charge is -2.41. The van der Waals surface area contributed by atoms with Gasteiger partial charge >= 0.3 is 5.97 Å². The smallest absolute Gasteiger partial charge is 0.326 e. The number of carboxylic acid groups (broad SMARTS) is 1. The number of rotatable bonds is 8. The Kier molecular flexibility index (Phi) is 7.33. The molecule has 1 unspecified atom stereocenters. The number of hydrogen-bond acceptors (Lipinski definition) is 5. The normalized spacial score (nSPS) is 15.8. The van der Waals surface area contributed by atoms with Crippen LogP contribution in [-0.4, -0.2) is 41.6 Å². The van der Waals surface area contributed by atoms with Gasteiger partial charge in [0.25, 0.3) is 0 Å². The molecule has 7 nitrogen and oxygen atoms in total. The van der Waals surface area contributed by atoms with Crippen molar-refractivity contribution in [3.05, 3.63) is 124 Å². The Labute approximate surface area is 245 Å². The summed E-state index contributed by atoms with van der Waals surface area (Å²) in [5.41, 5.74) is 4.24. The van der Waals surface area contributed by atoms with E-state index in [0.29, 0.717) is 24.7 Å². The molecule has 1 N–H and O–H groups in total. The van der Waals surface area contributed by atoms with Gasteiger partial charge in [0.2, 0.25) is 5.91 Å². The fourth-order valence-corrected chi connectivity index (χ4v) is 6.10. The van der Waals surface area contributed by atoms with E-state index in [-0.39, 0.29) is 18.9 Å². The van der Waals surface area contributed by atoms with Gasteiger partial charge in [0.05, 0.1) is 19.1 Å². The summed E-state index contributed by atoms with van der Waals surface area (Å²) in [6, 6.07) is 27.7. The first-order chi connectivity index (χ1) is 20.4. The summed E-state index contributed by atoms with van der Waals surface area (Å²) in [7, 11) is 1.57. The standard InChI is InChI=1S/C35H33NO6/c1-35(26-9-5-3-6-10-26,27-11-7-4-8-12-27)34(39)36-21-25-14-16-31(40-2)32(28(25)20-29(36)33(37)38)42-22-23-13-15-30-24(19-23)17-18-41-30/h3-16,19,29H,17-18,20-22H2,1-2H3,(H,37,38). The highest BCUT2D eigenvalue weighted by atomic mass is 16.5. The molecule has 4 aromatic rings. The largest absolute Gasteiger partial charge is 0.493 e. The molecule has 214 valence electrons. The Morgan fingerprint density at radius 3 is 2.29 bits per heavy atom. The molecule has 1 atom stereocenters. The van der Waals surface area contributed by atoms with E-state index < -0.39 is 17.4 Å². The molecule has 0 spiro atoms. The van der Waals surface area contributed by atoms with Gasteiger partial charge in [0.1, 0.15) is 18.4 Å². The fraction of sp³-hybridized carbons (Fsp3) is 0.257. The van der Waals surface area contributed by atoms with Crippen molar-refractivity contribution >= 4 is 11.9 Å². The SMILES string of the molecule is COc1ccc2c(c1OCc1ccc3c(c1)CCO3)CC(C(=O)O)N(C(=O)C(C)(c1ccccc1)c1ccccc1)C2. The minimum Gasteiger partial charge on any atom is -0.493 e. The van der Waals surface area contributed by atoms with Crippen LogP contribution < -0.4 is 14.2 Å². The summed E-state index contributed by atoms with van der Waals surface area (Å²) >= 11 is 0. The number of nitrogens with zero attached hydrogens (tertiary/aromatic N) is 1.